The number of hydrogen-bond donors (Lipinski definition) is 1. The lowest BCUT2D eigenvalue weighted by molar-refractivity contribution is -0.134. The first-order valence-corrected chi connectivity index (χ1v) is 7.03. The van der Waals surface area contributed by atoms with E-state index in [0.29, 0.717) is 11.8 Å². The van der Waals surface area contributed by atoms with Crippen molar-refractivity contribution in [3.8, 4) is 0 Å². The van der Waals surface area contributed by atoms with Crippen molar-refractivity contribution in [1.82, 2.24) is 4.90 Å². The van der Waals surface area contributed by atoms with E-state index in [0.717, 1.165) is 30.8 Å². The van der Waals surface area contributed by atoms with Crippen molar-refractivity contribution < 1.29 is 4.79 Å². The summed E-state index contributed by atoms with van der Waals surface area (Å²) in [5.74, 6) is 0.662. The maximum Gasteiger partial charge on any atom is 0.226 e. The van der Waals surface area contributed by atoms with Crippen LogP contribution in [0, 0.1) is 5.92 Å². The summed E-state index contributed by atoms with van der Waals surface area (Å²) >= 11 is 4.42. The number of amides is 1. The van der Waals surface area contributed by atoms with Gasteiger partial charge in [-0.1, -0.05) is 19.9 Å². The average Bonchev–Trinajstić information content (AvgIpc) is 3.12. The van der Waals surface area contributed by atoms with Crippen LogP contribution in [0.4, 0.5) is 0 Å². The molecule has 0 radical (unpaired) electrons. The summed E-state index contributed by atoms with van der Waals surface area (Å²) in [4.78, 5) is 15.3. The summed E-state index contributed by atoms with van der Waals surface area (Å²) in [5.41, 5.74) is 2.64. The average molecular weight is 261 g/mol. The fraction of sp³-hybridized carbons (Fsp3) is 0.533. The van der Waals surface area contributed by atoms with Gasteiger partial charge in [0.15, 0.2) is 0 Å². The van der Waals surface area contributed by atoms with Crippen molar-refractivity contribution in [2.45, 2.75) is 43.5 Å². The molecule has 1 aliphatic carbocycles. The van der Waals surface area contributed by atoms with Gasteiger partial charge in [0, 0.05) is 29.3 Å². The first-order valence-electron chi connectivity index (χ1n) is 6.58. The Morgan fingerprint density at radius 3 is 2.78 bits per heavy atom. The molecule has 0 unspecified atom stereocenters. The zero-order valence-electron chi connectivity index (χ0n) is 10.9. The molecule has 1 amide bonds. The van der Waals surface area contributed by atoms with Gasteiger partial charge in [-0.15, -0.1) is 12.6 Å². The van der Waals surface area contributed by atoms with Crippen molar-refractivity contribution in [3.05, 3.63) is 29.3 Å². The Kier molecular flexibility index (Phi) is 2.70. The smallest absolute Gasteiger partial charge is 0.226 e. The van der Waals surface area contributed by atoms with Crippen LogP contribution in [0.2, 0.25) is 0 Å². The van der Waals surface area contributed by atoms with Gasteiger partial charge in [-0.3, -0.25) is 4.79 Å². The van der Waals surface area contributed by atoms with E-state index in [4.69, 9.17) is 0 Å². The molecule has 3 rings (SSSR count). The van der Waals surface area contributed by atoms with Gasteiger partial charge < -0.3 is 4.90 Å². The van der Waals surface area contributed by atoms with Crippen LogP contribution in [0.25, 0.3) is 0 Å². The summed E-state index contributed by atoms with van der Waals surface area (Å²) in [6.45, 7) is 6.02. The lowest BCUT2D eigenvalue weighted by Crippen LogP contribution is -2.45. The van der Waals surface area contributed by atoms with E-state index in [-0.39, 0.29) is 5.41 Å². The van der Waals surface area contributed by atoms with Crippen LogP contribution in [-0.4, -0.2) is 17.4 Å². The minimum absolute atomic E-state index is 0.0247. The molecule has 0 saturated heterocycles. The standard InChI is InChI=1S/C15H19NOS/c1-15(2)9-16(14(17)10-3-4-10)8-11-5-6-12(18)7-13(11)15/h5-7,10,18H,3-4,8-9H2,1-2H3. The predicted octanol–water partition coefficient (Wildman–Crippen LogP) is 3.01. The maximum absolute atomic E-state index is 12.2. The lowest BCUT2D eigenvalue weighted by Gasteiger charge is -2.40. The van der Waals surface area contributed by atoms with Gasteiger partial charge in [-0.2, -0.15) is 0 Å². The second-order valence-corrected chi connectivity index (χ2v) is 6.71. The van der Waals surface area contributed by atoms with Crippen molar-refractivity contribution in [2.75, 3.05) is 6.54 Å². The molecule has 1 aliphatic heterocycles. The van der Waals surface area contributed by atoms with Gasteiger partial charge in [-0.05, 0) is 36.1 Å². The normalized spacial score (nSPS) is 21.6. The lowest BCUT2D eigenvalue weighted by atomic mass is 9.78. The van der Waals surface area contributed by atoms with Crippen LogP contribution in [0.1, 0.15) is 37.8 Å². The van der Waals surface area contributed by atoms with E-state index in [1.807, 2.05) is 11.0 Å². The van der Waals surface area contributed by atoms with Gasteiger partial charge in [0.05, 0.1) is 0 Å². The van der Waals surface area contributed by atoms with Crippen LogP contribution in [0.15, 0.2) is 23.1 Å². The molecule has 18 heavy (non-hydrogen) atoms. The Morgan fingerprint density at radius 2 is 2.11 bits per heavy atom. The van der Waals surface area contributed by atoms with Gasteiger partial charge in [-0.25, -0.2) is 0 Å². The van der Waals surface area contributed by atoms with Crippen LogP contribution in [-0.2, 0) is 16.8 Å². The molecule has 1 fully saturated rings. The molecule has 1 saturated carbocycles. The first-order chi connectivity index (χ1) is 8.47. The second-order valence-electron chi connectivity index (χ2n) is 6.19. The Morgan fingerprint density at radius 1 is 1.39 bits per heavy atom. The van der Waals surface area contributed by atoms with Crippen LogP contribution < -0.4 is 0 Å². The SMILES string of the molecule is CC1(C)CN(C(=O)C2CC2)Cc2ccc(S)cc21. The van der Waals surface area contributed by atoms with Crippen LogP contribution in [0.5, 0.6) is 0 Å². The van der Waals surface area contributed by atoms with Crippen LogP contribution in [0.3, 0.4) is 0 Å². The molecule has 1 aromatic carbocycles. The molecule has 2 aliphatic rings. The van der Waals surface area contributed by atoms with E-state index < -0.39 is 0 Å². The third-order valence-electron chi connectivity index (χ3n) is 4.01. The molecule has 1 aromatic rings. The van der Waals surface area contributed by atoms with Crippen molar-refractivity contribution >= 4 is 18.5 Å². The fourth-order valence-corrected chi connectivity index (χ4v) is 3.10. The Labute approximate surface area is 114 Å². The highest BCUT2D eigenvalue weighted by Crippen LogP contribution is 2.38. The quantitative estimate of drug-likeness (QED) is 0.771. The number of fused-ring (bicyclic) bond motifs is 1. The molecular weight excluding hydrogens is 242 g/mol. The molecule has 2 nitrogen and oxygen atoms in total. The number of thiol groups is 1. The van der Waals surface area contributed by atoms with Gasteiger partial charge in [0.2, 0.25) is 5.91 Å². The monoisotopic (exact) mass is 261 g/mol. The van der Waals surface area contributed by atoms with Crippen LogP contribution >= 0.6 is 12.6 Å². The largest absolute Gasteiger partial charge is 0.337 e. The third-order valence-corrected chi connectivity index (χ3v) is 4.29. The zero-order chi connectivity index (χ0) is 12.9. The Bertz CT molecular complexity index is 505. The van der Waals surface area contributed by atoms with E-state index >= 15 is 0 Å². The minimum Gasteiger partial charge on any atom is -0.337 e. The molecule has 96 valence electrons. The predicted molar refractivity (Wildman–Crippen MR) is 74.9 cm³/mol. The molecule has 0 aromatic heterocycles. The first kappa shape index (κ1) is 12.1. The Balaban J connectivity index is 1.94. The molecule has 0 bridgehead atoms. The molecule has 0 N–H and O–H groups in total. The van der Waals surface area contributed by atoms with E-state index in [9.17, 15) is 4.79 Å². The number of rotatable bonds is 1. The highest BCUT2D eigenvalue weighted by molar-refractivity contribution is 7.80. The van der Waals surface area contributed by atoms with E-state index in [2.05, 4.69) is 38.6 Å². The summed E-state index contributed by atoms with van der Waals surface area (Å²) < 4.78 is 0. The van der Waals surface area contributed by atoms with Crippen molar-refractivity contribution in [1.29, 1.82) is 0 Å². The van der Waals surface area contributed by atoms with Gasteiger partial charge in [0.25, 0.3) is 0 Å². The number of nitrogens with zero attached hydrogens (tertiary/aromatic N) is 1. The van der Waals surface area contributed by atoms with E-state index in [1.165, 1.54) is 11.1 Å². The Hall–Kier alpha value is -0.960. The molecule has 0 spiro atoms. The number of carbonyl (C=O) groups is 1. The highest BCUT2D eigenvalue weighted by atomic mass is 32.1. The molecule has 1 heterocycles. The number of benzene rings is 1. The fourth-order valence-electron chi connectivity index (χ4n) is 2.90. The zero-order valence-corrected chi connectivity index (χ0v) is 11.8. The van der Waals surface area contributed by atoms with E-state index in [1.54, 1.807) is 0 Å². The summed E-state index contributed by atoms with van der Waals surface area (Å²) in [6, 6.07) is 6.28. The highest BCUT2D eigenvalue weighted by Gasteiger charge is 2.39. The topological polar surface area (TPSA) is 20.3 Å². The van der Waals surface area contributed by atoms with Gasteiger partial charge in [0.1, 0.15) is 0 Å². The summed E-state index contributed by atoms with van der Waals surface area (Å²) in [5, 5.41) is 0. The number of carbonyl (C=O) groups excluding carboxylic acids is 1. The third kappa shape index (κ3) is 2.05. The molecule has 3 heteroatoms. The summed E-state index contributed by atoms with van der Waals surface area (Å²) in [7, 11) is 0. The number of hydrogen-bond acceptors (Lipinski definition) is 2. The molecular formula is C15H19NOS. The maximum atomic E-state index is 12.2. The second kappa shape index (κ2) is 4.02. The molecule has 0 atom stereocenters. The van der Waals surface area contributed by atoms with Crippen molar-refractivity contribution in [3.63, 3.8) is 0 Å². The van der Waals surface area contributed by atoms with Gasteiger partial charge >= 0.3 is 0 Å². The summed E-state index contributed by atoms with van der Waals surface area (Å²) in [6.07, 6.45) is 2.16. The minimum atomic E-state index is 0.0247. The van der Waals surface area contributed by atoms with Crippen molar-refractivity contribution in [2.24, 2.45) is 5.92 Å².